The first-order valence-corrected chi connectivity index (χ1v) is 7.09. The van der Waals surface area contributed by atoms with Crippen LogP contribution < -0.4 is 10.6 Å². The molecule has 0 amide bonds. The van der Waals surface area contributed by atoms with Gasteiger partial charge in [0.15, 0.2) is 0 Å². The minimum Gasteiger partial charge on any atom is -0.389 e. The largest absolute Gasteiger partial charge is 0.389 e. The number of nitrogens with zero attached hydrogens (tertiary/aromatic N) is 1. The summed E-state index contributed by atoms with van der Waals surface area (Å²) in [7, 11) is 0. The van der Waals surface area contributed by atoms with Crippen LogP contribution in [-0.2, 0) is 0 Å². The molecule has 16 heavy (non-hydrogen) atoms. The third-order valence-electron chi connectivity index (χ3n) is 2.92. The van der Waals surface area contributed by atoms with Crippen molar-refractivity contribution >= 4 is 34.7 Å². The van der Waals surface area contributed by atoms with Crippen LogP contribution in [0.25, 0.3) is 0 Å². The standard InChI is InChI=1S/C12H16N2S2/c1-16-10-6-4-5-9(11(10)12(13)15)14-7-2-3-8-14/h4-6H,2-3,7-8H2,1H3,(H2,13,15). The van der Waals surface area contributed by atoms with Crippen LogP contribution in [0.1, 0.15) is 18.4 Å². The SMILES string of the molecule is CSc1cccc(N2CCCC2)c1C(N)=S. The van der Waals surface area contributed by atoms with Crippen molar-refractivity contribution in [2.45, 2.75) is 17.7 Å². The summed E-state index contributed by atoms with van der Waals surface area (Å²) in [5.41, 5.74) is 8.10. The summed E-state index contributed by atoms with van der Waals surface area (Å²) in [6.07, 6.45) is 4.59. The Morgan fingerprint density at radius 3 is 2.62 bits per heavy atom. The molecule has 0 bridgehead atoms. The third kappa shape index (κ3) is 2.18. The Labute approximate surface area is 106 Å². The van der Waals surface area contributed by atoms with E-state index in [2.05, 4.69) is 29.4 Å². The van der Waals surface area contributed by atoms with E-state index in [4.69, 9.17) is 18.0 Å². The normalized spacial score (nSPS) is 15.4. The molecule has 0 aromatic heterocycles. The van der Waals surface area contributed by atoms with Crippen molar-refractivity contribution in [1.29, 1.82) is 0 Å². The highest BCUT2D eigenvalue weighted by Crippen LogP contribution is 2.31. The van der Waals surface area contributed by atoms with Gasteiger partial charge < -0.3 is 10.6 Å². The lowest BCUT2D eigenvalue weighted by Gasteiger charge is -2.22. The van der Waals surface area contributed by atoms with Gasteiger partial charge in [0, 0.05) is 29.2 Å². The van der Waals surface area contributed by atoms with Gasteiger partial charge in [-0.25, -0.2) is 0 Å². The summed E-state index contributed by atoms with van der Waals surface area (Å²) < 4.78 is 0. The van der Waals surface area contributed by atoms with Crippen molar-refractivity contribution in [3.8, 4) is 0 Å². The minimum atomic E-state index is 0.506. The van der Waals surface area contributed by atoms with E-state index in [9.17, 15) is 0 Å². The molecule has 0 radical (unpaired) electrons. The van der Waals surface area contributed by atoms with Crippen LogP contribution in [-0.4, -0.2) is 24.3 Å². The van der Waals surface area contributed by atoms with E-state index in [-0.39, 0.29) is 0 Å². The maximum absolute atomic E-state index is 5.85. The van der Waals surface area contributed by atoms with Crippen LogP contribution in [0, 0.1) is 0 Å². The minimum absolute atomic E-state index is 0.506. The zero-order valence-corrected chi connectivity index (χ0v) is 11.0. The summed E-state index contributed by atoms with van der Waals surface area (Å²) in [6.45, 7) is 2.24. The van der Waals surface area contributed by atoms with E-state index in [1.54, 1.807) is 11.8 Å². The molecule has 1 aromatic carbocycles. The predicted octanol–water partition coefficient (Wildman–Crippen LogP) is 2.64. The highest BCUT2D eigenvalue weighted by Gasteiger charge is 2.18. The number of nitrogens with two attached hydrogens (primary N) is 1. The lowest BCUT2D eigenvalue weighted by Crippen LogP contribution is -2.23. The molecule has 0 aliphatic carbocycles. The van der Waals surface area contributed by atoms with Crippen LogP contribution in [0.3, 0.4) is 0 Å². The monoisotopic (exact) mass is 252 g/mol. The second-order valence-electron chi connectivity index (χ2n) is 3.91. The van der Waals surface area contributed by atoms with Crippen LogP contribution in [0.2, 0.25) is 0 Å². The van der Waals surface area contributed by atoms with Gasteiger partial charge in [-0.1, -0.05) is 18.3 Å². The molecule has 1 aliphatic heterocycles. The molecule has 2 N–H and O–H groups in total. The molecule has 2 nitrogen and oxygen atoms in total. The molecule has 0 atom stereocenters. The van der Waals surface area contributed by atoms with E-state index in [0.717, 1.165) is 18.7 Å². The quantitative estimate of drug-likeness (QED) is 0.661. The van der Waals surface area contributed by atoms with E-state index < -0.39 is 0 Å². The van der Waals surface area contributed by atoms with Crippen molar-refractivity contribution in [2.75, 3.05) is 24.2 Å². The first kappa shape index (κ1) is 11.7. The molecule has 1 aromatic rings. The van der Waals surface area contributed by atoms with E-state index in [1.807, 2.05) is 0 Å². The van der Waals surface area contributed by atoms with Gasteiger partial charge in [0.05, 0.1) is 0 Å². The highest BCUT2D eigenvalue weighted by molar-refractivity contribution is 7.98. The average molecular weight is 252 g/mol. The predicted molar refractivity (Wildman–Crippen MR) is 75.6 cm³/mol. The number of thiocarbonyl (C=S) groups is 1. The molecule has 1 fully saturated rings. The molecular formula is C12H16N2S2. The van der Waals surface area contributed by atoms with Crippen molar-refractivity contribution in [1.82, 2.24) is 0 Å². The van der Waals surface area contributed by atoms with Crippen LogP contribution in [0.15, 0.2) is 23.1 Å². The summed E-state index contributed by atoms with van der Waals surface area (Å²) in [4.78, 5) is 4.07. The second-order valence-corrected chi connectivity index (χ2v) is 5.20. The Hall–Kier alpha value is -0.740. The van der Waals surface area contributed by atoms with Gasteiger partial charge in [-0.05, 0) is 31.2 Å². The molecular weight excluding hydrogens is 236 g/mol. The molecule has 0 unspecified atom stereocenters. The van der Waals surface area contributed by atoms with E-state index in [1.165, 1.54) is 23.4 Å². The van der Waals surface area contributed by atoms with Crippen LogP contribution in [0.5, 0.6) is 0 Å². The Morgan fingerprint density at radius 2 is 2.06 bits per heavy atom. The summed E-state index contributed by atoms with van der Waals surface area (Å²) >= 11 is 6.88. The average Bonchev–Trinajstić information content (AvgIpc) is 2.81. The van der Waals surface area contributed by atoms with Gasteiger partial charge in [0.2, 0.25) is 0 Å². The second kappa shape index (κ2) is 5.06. The van der Waals surface area contributed by atoms with Crippen LogP contribution >= 0.6 is 24.0 Å². The van der Waals surface area contributed by atoms with Gasteiger partial charge in [0.25, 0.3) is 0 Å². The molecule has 1 heterocycles. The topological polar surface area (TPSA) is 29.3 Å². The number of thioether (sulfide) groups is 1. The molecule has 2 rings (SSSR count). The van der Waals surface area contributed by atoms with Gasteiger partial charge in [0.1, 0.15) is 4.99 Å². The Balaban J connectivity index is 2.46. The fourth-order valence-electron chi connectivity index (χ4n) is 2.16. The number of hydrogen-bond acceptors (Lipinski definition) is 3. The van der Waals surface area contributed by atoms with Crippen LogP contribution in [0.4, 0.5) is 5.69 Å². The first-order chi connectivity index (χ1) is 7.74. The molecule has 0 saturated carbocycles. The number of benzene rings is 1. The maximum atomic E-state index is 5.85. The summed E-state index contributed by atoms with van der Waals surface area (Å²) in [5.74, 6) is 0. The van der Waals surface area contributed by atoms with Gasteiger partial charge in [-0.3, -0.25) is 0 Å². The van der Waals surface area contributed by atoms with E-state index in [0.29, 0.717) is 4.99 Å². The van der Waals surface area contributed by atoms with E-state index >= 15 is 0 Å². The lowest BCUT2D eigenvalue weighted by atomic mass is 10.1. The highest BCUT2D eigenvalue weighted by atomic mass is 32.2. The number of hydrogen-bond donors (Lipinski definition) is 1. The Kier molecular flexibility index (Phi) is 3.71. The Morgan fingerprint density at radius 1 is 1.38 bits per heavy atom. The molecule has 1 saturated heterocycles. The Bertz CT molecular complexity index is 398. The van der Waals surface area contributed by atoms with Crippen molar-refractivity contribution < 1.29 is 0 Å². The fourth-order valence-corrected chi connectivity index (χ4v) is 3.07. The maximum Gasteiger partial charge on any atom is 0.107 e. The van der Waals surface area contributed by atoms with Crippen molar-refractivity contribution in [3.63, 3.8) is 0 Å². The number of anilines is 1. The molecule has 1 aliphatic rings. The van der Waals surface area contributed by atoms with Crippen molar-refractivity contribution in [3.05, 3.63) is 23.8 Å². The fraction of sp³-hybridized carbons (Fsp3) is 0.417. The molecule has 0 spiro atoms. The summed E-state index contributed by atoms with van der Waals surface area (Å²) in [5, 5.41) is 0. The number of rotatable bonds is 3. The zero-order valence-electron chi connectivity index (χ0n) is 9.40. The molecule has 86 valence electrons. The third-order valence-corrected chi connectivity index (χ3v) is 3.90. The first-order valence-electron chi connectivity index (χ1n) is 5.46. The smallest absolute Gasteiger partial charge is 0.107 e. The summed E-state index contributed by atoms with van der Waals surface area (Å²) in [6, 6.07) is 6.29. The molecule has 4 heteroatoms. The van der Waals surface area contributed by atoms with Crippen molar-refractivity contribution in [2.24, 2.45) is 5.73 Å². The van der Waals surface area contributed by atoms with Gasteiger partial charge in [-0.15, -0.1) is 11.8 Å². The lowest BCUT2D eigenvalue weighted by molar-refractivity contribution is 0.949. The zero-order chi connectivity index (χ0) is 11.5. The van der Waals surface area contributed by atoms with Gasteiger partial charge >= 0.3 is 0 Å². The van der Waals surface area contributed by atoms with Gasteiger partial charge in [-0.2, -0.15) is 0 Å².